The summed E-state index contributed by atoms with van der Waals surface area (Å²) in [6.07, 6.45) is 2.66. The standard InChI is InChI=1S/C18H28O2/c1-12(2)15-9-8-14(11-13(15)3)20-16-7-6-10-18(4,5)17(16)19/h8-9,11-12,16-17,19H,6-7,10H2,1-5H3. The highest BCUT2D eigenvalue weighted by Gasteiger charge is 2.39. The average Bonchev–Trinajstić information content (AvgIpc) is 2.34. The summed E-state index contributed by atoms with van der Waals surface area (Å²) in [5.74, 6) is 1.41. The first-order valence-corrected chi connectivity index (χ1v) is 7.76. The number of ether oxygens (including phenoxy) is 1. The van der Waals surface area contributed by atoms with Crippen LogP contribution in [0.4, 0.5) is 0 Å². The summed E-state index contributed by atoms with van der Waals surface area (Å²) < 4.78 is 6.07. The number of benzene rings is 1. The van der Waals surface area contributed by atoms with Gasteiger partial charge in [-0.05, 0) is 60.8 Å². The average molecular weight is 276 g/mol. The lowest BCUT2D eigenvalue weighted by molar-refractivity contribution is -0.0689. The highest BCUT2D eigenvalue weighted by atomic mass is 16.5. The molecular formula is C18H28O2. The van der Waals surface area contributed by atoms with Crippen LogP contribution in [0.2, 0.25) is 0 Å². The van der Waals surface area contributed by atoms with Crippen LogP contribution in [0.3, 0.4) is 0 Å². The zero-order valence-electron chi connectivity index (χ0n) is 13.4. The highest BCUT2D eigenvalue weighted by Crippen LogP contribution is 2.37. The third-order valence-electron chi connectivity index (χ3n) is 4.61. The number of hydrogen-bond acceptors (Lipinski definition) is 2. The van der Waals surface area contributed by atoms with Crippen molar-refractivity contribution in [2.45, 2.75) is 72.0 Å². The molecule has 0 spiro atoms. The summed E-state index contributed by atoms with van der Waals surface area (Å²) in [5, 5.41) is 10.4. The Morgan fingerprint density at radius 2 is 2.00 bits per heavy atom. The van der Waals surface area contributed by atoms with Gasteiger partial charge in [0.1, 0.15) is 11.9 Å². The molecule has 0 heterocycles. The Hall–Kier alpha value is -1.02. The van der Waals surface area contributed by atoms with Crippen molar-refractivity contribution in [3.63, 3.8) is 0 Å². The third kappa shape index (κ3) is 3.17. The molecule has 20 heavy (non-hydrogen) atoms. The van der Waals surface area contributed by atoms with Crippen molar-refractivity contribution in [2.24, 2.45) is 5.41 Å². The molecule has 1 saturated carbocycles. The molecule has 1 fully saturated rings. The van der Waals surface area contributed by atoms with E-state index in [1.54, 1.807) is 0 Å². The first kappa shape index (κ1) is 15.4. The molecule has 0 bridgehead atoms. The van der Waals surface area contributed by atoms with Crippen molar-refractivity contribution in [3.8, 4) is 5.75 Å². The van der Waals surface area contributed by atoms with E-state index in [-0.39, 0.29) is 17.6 Å². The van der Waals surface area contributed by atoms with E-state index in [9.17, 15) is 5.11 Å². The smallest absolute Gasteiger partial charge is 0.125 e. The van der Waals surface area contributed by atoms with Gasteiger partial charge in [-0.25, -0.2) is 0 Å². The van der Waals surface area contributed by atoms with Crippen molar-refractivity contribution in [3.05, 3.63) is 29.3 Å². The van der Waals surface area contributed by atoms with Gasteiger partial charge in [0, 0.05) is 0 Å². The first-order chi connectivity index (χ1) is 9.31. The highest BCUT2D eigenvalue weighted by molar-refractivity contribution is 5.36. The van der Waals surface area contributed by atoms with E-state index in [1.165, 1.54) is 11.1 Å². The minimum Gasteiger partial charge on any atom is -0.488 e. The van der Waals surface area contributed by atoms with Crippen LogP contribution < -0.4 is 4.74 Å². The normalized spacial score (nSPS) is 25.8. The molecule has 0 saturated heterocycles. The van der Waals surface area contributed by atoms with Crippen LogP contribution in [-0.4, -0.2) is 17.3 Å². The summed E-state index contributed by atoms with van der Waals surface area (Å²) in [6.45, 7) is 10.8. The molecule has 1 N–H and O–H groups in total. The minimum atomic E-state index is -0.388. The van der Waals surface area contributed by atoms with Gasteiger partial charge in [-0.1, -0.05) is 33.8 Å². The van der Waals surface area contributed by atoms with E-state index in [0.717, 1.165) is 25.0 Å². The van der Waals surface area contributed by atoms with Gasteiger partial charge in [-0.15, -0.1) is 0 Å². The molecule has 1 aliphatic carbocycles. The van der Waals surface area contributed by atoms with Gasteiger partial charge in [0.15, 0.2) is 0 Å². The van der Waals surface area contributed by atoms with Crippen LogP contribution in [0.5, 0.6) is 5.75 Å². The Kier molecular flexibility index (Phi) is 4.43. The molecule has 2 heteroatoms. The van der Waals surface area contributed by atoms with Crippen LogP contribution in [0.1, 0.15) is 64.0 Å². The predicted molar refractivity (Wildman–Crippen MR) is 83.3 cm³/mol. The Morgan fingerprint density at radius 3 is 2.60 bits per heavy atom. The maximum atomic E-state index is 10.4. The number of rotatable bonds is 3. The summed E-state index contributed by atoms with van der Waals surface area (Å²) >= 11 is 0. The largest absolute Gasteiger partial charge is 0.488 e. The summed E-state index contributed by atoms with van der Waals surface area (Å²) in [6, 6.07) is 6.29. The monoisotopic (exact) mass is 276 g/mol. The quantitative estimate of drug-likeness (QED) is 0.884. The van der Waals surface area contributed by atoms with Crippen molar-refractivity contribution in [2.75, 3.05) is 0 Å². The lowest BCUT2D eigenvalue weighted by Gasteiger charge is -2.40. The fourth-order valence-corrected chi connectivity index (χ4v) is 3.24. The molecule has 0 aromatic heterocycles. The number of hydrogen-bond donors (Lipinski definition) is 1. The fraction of sp³-hybridized carbons (Fsp3) is 0.667. The molecule has 0 aliphatic heterocycles. The molecule has 1 aromatic rings. The van der Waals surface area contributed by atoms with Crippen LogP contribution in [0, 0.1) is 12.3 Å². The molecule has 1 aromatic carbocycles. The number of aliphatic hydroxyl groups excluding tert-OH is 1. The molecule has 2 unspecified atom stereocenters. The second-order valence-corrected chi connectivity index (χ2v) is 7.16. The van der Waals surface area contributed by atoms with Crippen molar-refractivity contribution in [1.29, 1.82) is 0 Å². The molecule has 2 atom stereocenters. The molecular weight excluding hydrogens is 248 g/mol. The molecule has 1 aliphatic rings. The lowest BCUT2D eigenvalue weighted by atomic mass is 9.73. The van der Waals surface area contributed by atoms with Crippen molar-refractivity contribution in [1.82, 2.24) is 0 Å². The van der Waals surface area contributed by atoms with Crippen molar-refractivity contribution >= 4 is 0 Å². The lowest BCUT2D eigenvalue weighted by Crippen LogP contribution is -2.46. The second-order valence-electron chi connectivity index (χ2n) is 7.16. The van der Waals surface area contributed by atoms with E-state index < -0.39 is 0 Å². The van der Waals surface area contributed by atoms with E-state index in [2.05, 4.69) is 46.8 Å². The summed E-state index contributed by atoms with van der Waals surface area (Å²) in [7, 11) is 0. The van der Waals surface area contributed by atoms with Gasteiger partial charge in [-0.3, -0.25) is 0 Å². The van der Waals surface area contributed by atoms with Crippen molar-refractivity contribution < 1.29 is 9.84 Å². The second kappa shape index (κ2) is 5.77. The van der Waals surface area contributed by atoms with Crippen LogP contribution in [0.15, 0.2) is 18.2 Å². The van der Waals surface area contributed by atoms with E-state index in [1.807, 2.05) is 6.07 Å². The molecule has 2 rings (SSSR count). The van der Waals surface area contributed by atoms with Crippen LogP contribution in [-0.2, 0) is 0 Å². The van der Waals surface area contributed by atoms with E-state index in [0.29, 0.717) is 5.92 Å². The van der Waals surface area contributed by atoms with Crippen LogP contribution in [0.25, 0.3) is 0 Å². The zero-order chi connectivity index (χ0) is 14.9. The Bertz CT molecular complexity index is 462. The van der Waals surface area contributed by atoms with E-state index >= 15 is 0 Å². The summed E-state index contributed by atoms with van der Waals surface area (Å²) in [5.41, 5.74) is 2.58. The minimum absolute atomic E-state index is 0.0458. The predicted octanol–water partition coefficient (Wildman–Crippen LogP) is 4.44. The number of aryl methyl sites for hydroxylation is 1. The van der Waals surface area contributed by atoms with Gasteiger partial charge in [-0.2, -0.15) is 0 Å². The topological polar surface area (TPSA) is 29.5 Å². The van der Waals surface area contributed by atoms with Gasteiger partial charge in [0.25, 0.3) is 0 Å². The van der Waals surface area contributed by atoms with Gasteiger partial charge in [0.2, 0.25) is 0 Å². The maximum absolute atomic E-state index is 10.4. The fourth-order valence-electron chi connectivity index (χ4n) is 3.24. The zero-order valence-corrected chi connectivity index (χ0v) is 13.4. The molecule has 2 nitrogen and oxygen atoms in total. The summed E-state index contributed by atoms with van der Waals surface area (Å²) in [4.78, 5) is 0. The number of aliphatic hydroxyl groups is 1. The Labute approximate surface area is 123 Å². The van der Waals surface area contributed by atoms with Gasteiger partial charge < -0.3 is 9.84 Å². The molecule has 112 valence electrons. The maximum Gasteiger partial charge on any atom is 0.125 e. The molecule has 0 radical (unpaired) electrons. The third-order valence-corrected chi connectivity index (χ3v) is 4.61. The van der Waals surface area contributed by atoms with Gasteiger partial charge >= 0.3 is 0 Å². The van der Waals surface area contributed by atoms with Crippen LogP contribution >= 0.6 is 0 Å². The first-order valence-electron chi connectivity index (χ1n) is 7.76. The van der Waals surface area contributed by atoms with Gasteiger partial charge in [0.05, 0.1) is 6.10 Å². The molecule has 0 amide bonds. The Balaban J connectivity index is 2.12. The SMILES string of the molecule is Cc1cc(OC2CCCC(C)(C)C2O)ccc1C(C)C. The van der Waals surface area contributed by atoms with E-state index in [4.69, 9.17) is 4.74 Å². The Morgan fingerprint density at radius 1 is 1.30 bits per heavy atom.